The molecule has 5 heteroatoms. The number of nitrogens with two attached hydrogens (primary N) is 1. The Morgan fingerprint density at radius 2 is 2.10 bits per heavy atom. The molecule has 0 saturated heterocycles. The van der Waals surface area contributed by atoms with Crippen LogP contribution in [0.2, 0.25) is 0 Å². The van der Waals surface area contributed by atoms with Gasteiger partial charge in [0, 0.05) is 6.54 Å². The van der Waals surface area contributed by atoms with Gasteiger partial charge in [-0.1, -0.05) is 40.0 Å². The molecule has 1 aromatic heterocycles. The number of unbranched alkanes of at least 4 members (excludes halogenated alkanes) is 2. The Hall–Kier alpha value is -1.52. The number of esters is 1. The summed E-state index contributed by atoms with van der Waals surface area (Å²) in [6, 6.07) is 0. The molecule has 0 amide bonds. The number of nitrogen functional groups attached to an aromatic ring is 1. The topological polar surface area (TPSA) is 70.1 Å². The fourth-order valence-electron chi connectivity index (χ4n) is 2.27. The summed E-state index contributed by atoms with van der Waals surface area (Å²) in [7, 11) is 0. The number of ether oxygens (including phenoxy) is 1. The van der Waals surface area contributed by atoms with E-state index in [9.17, 15) is 4.79 Å². The smallest absolute Gasteiger partial charge is 0.360 e. The Morgan fingerprint density at radius 1 is 1.40 bits per heavy atom. The van der Waals surface area contributed by atoms with Gasteiger partial charge in [0.2, 0.25) is 0 Å². The van der Waals surface area contributed by atoms with Gasteiger partial charge in [-0.3, -0.25) is 0 Å². The first-order valence-electron chi connectivity index (χ1n) is 7.39. The molecule has 5 nitrogen and oxygen atoms in total. The molecule has 0 fully saturated rings. The lowest BCUT2D eigenvalue weighted by atomic mass is 9.87. The van der Waals surface area contributed by atoms with Crippen LogP contribution in [0.4, 0.5) is 5.82 Å². The van der Waals surface area contributed by atoms with Gasteiger partial charge in [0.15, 0.2) is 5.69 Å². The van der Waals surface area contributed by atoms with Gasteiger partial charge in [0.1, 0.15) is 5.82 Å². The van der Waals surface area contributed by atoms with E-state index in [1.54, 1.807) is 13.3 Å². The van der Waals surface area contributed by atoms with Crippen LogP contribution >= 0.6 is 0 Å². The Kier molecular flexibility index (Phi) is 6.05. The van der Waals surface area contributed by atoms with Crippen LogP contribution in [0.1, 0.15) is 63.9 Å². The van der Waals surface area contributed by atoms with Crippen molar-refractivity contribution in [3.8, 4) is 0 Å². The molecule has 0 bridgehead atoms. The van der Waals surface area contributed by atoms with Crippen LogP contribution in [0.25, 0.3) is 0 Å². The number of imidazole rings is 1. The van der Waals surface area contributed by atoms with Gasteiger partial charge < -0.3 is 15.0 Å². The number of carbonyl (C=O) groups is 1. The molecule has 1 rings (SSSR count). The molecule has 114 valence electrons. The number of hydrogen-bond donors (Lipinski definition) is 1. The Morgan fingerprint density at radius 3 is 2.70 bits per heavy atom. The Bertz CT molecular complexity index is 438. The van der Waals surface area contributed by atoms with E-state index in [4.69, 9.17) is 10.5 Å². The quantitative estimate of drug-likeness (QED) is 0.586. The lowest BCUT2D eigenvalue weighted by Crippen LogP contribution is -2.21. The highest BCUT2D eigenvalue weighted by Crippen LogP contribution is 2.27. The average Bonchev–Trinajstić information content (AvgIpc) is 2.71. The van der Waals surface area contributed by atoms with Crippen LogP contribution in [0.15, 0.2) is 6.33 Å². The van der Waals surface area contributed by atoms with Crippen molar-refractivity contribution in [2.75, 3.05) is 12.3 Å². The summed E-state index contributed by atoms with van der Waals surface area (Å²) in [5.41, 5.74) is 6.35. The summed E-state index contributed by atoms with van der Waals surface area (Å²) in [4.78, 5) is 15.8. The summed E-state index contributed by atoms with van der Waals surface area (Å²) in [6.45, 7) is 9.48. The van der Waals surface area contributed by atoms with Gasteiger partial charge in [-0.05, 0) is 18.8 Å². The molecule has 0 aliphatic rings. The van der Waals surface area contributed by atoms with E-state index in [0.717, 1.165) is 13.0 Å². The van der Waals surface area contributed by atoms with Gasteiger partial charge in [0.05, 0.1) is 12.9 Å². The van der Waals surface area contributed by atoms with Crippen molar-refractivity contribution in [2.45, 2.75) is 59.9 Å². The molecular formula is C15H27N3O2. The van der Waals surface area contributed by atoms with Crippen molar-refractivity contribution in [2.24, 2.45) is 5.41 Å². The van der Waals surface area contributed by atoms with Crippen LogP contribution in [-0.2, 0) is 11.3 Å². The van der Waals surface area contributed by atoms with Crippen LogP contribution < -0.4 is 5.73 Å². The van der Waals surface area contributed by atoms with Crippen LogP contribution in [-0.4, -0.2) is 22.1 Å². The maximum absolute atomic E-state index is 11.7. The molecule has 0 saturated carbocycles. The van der Waals surface area contributed by atoms with Crippen LogP contribution in [0, 0.1) is 5.41 Å². The van der Waals surface area contributed by atoms with Gasteiger partial charge in [-0.25, -0.2) is 9.78 Å². The average molecular weight is 281 g/mol. The first-order chi connectivity index (χ1) is 9.41. The zero-order valence-electron chi connectivity index (χ0n) is 13.1. The van der Waals surface area contributed by atoms with E-state index in [2.05, 4.69) is 25.8 Å². The third-order valence-corrected chi connectivity index (χ3v) is 3.40. The van der Waals surface area contributed by atoms with E-state index in [0.29, 0.717) is 12.4 Å². The lowest BCUT2D eigenvalue weighted by Gasteiger charge is -2.25. The minimum Gasteiger partial charge on any atom is -0.461 e. The predicted molar refractivity (Wildman–Crippen MR) is 80.5 cm³/mol. The van der Waals surface area contributed by atoms with E-state index < -0.39 is 5.97 Å². The highest BCUT2D eigenvalue weighted by atomic mass is 16.5. The van der Waals surface area contributed by atoms with Crippen molar-refractivity contribution in [3.63, 3.8) is 0 Å². The zero-order valence-corrected chi connectivity index (χ0v) is 13.1. The van der Waals surface area contributed by atoms with Gasteiger partial charge >= 0.3 is 5.97 Å². The molecule has 2 N–H and O–H groups in total. The second-order valence-corrected chi connectivity index (χ2v) is 5.95. The number of nitrogens with zero attached hydrogens (tertiary/aromatic N) is 2. The van der Waals surface area contributed by atoms with Gasteiger partial charge in [-0.15, -0.1) is 0 Å². The fourth-order valence-corrected chi connectivity index (χ4v) is 2.27. The SMILES string of the molecule is CCCCCC(C)(C)Cn1cnc(C(=O)OCC)c1N. The maximum Gasteiger partial charge on any atom is 0.360 e. The van der Waals surface area contributed by atoms with E-state index >= 15 is 0 Å². The first-order valence-corrected chi connectivity index (χ1v) is 7.39. The second kappa shape index (κ2) is 7.31. The molecule has 0 spiro atoms. The normalized spacial score (nSPS) is 11.6. The third kappa shape index (κ3) is 4.54. The zero-order chi connectivity index (χ0) is 15.2. The van der Waals surface area contributed by atoms with Crippen LogP contribution in [0.3, 0.4) is 0 Å². The lowest BCUT2D eigenvalue weighted by molar-refractivity contribution is 0.0521. The molecule has 20 heavy (non-hydrogen) atoms. The van der Waals surface area contributed by atoms with Crippen molar-refractivity contribution >= 4 is 11.8 Å². The molecule has 0 aromatic carbocycles. The molecule has 1 heterocycles. The molecule has 0 aliphatic heterocycles. The van der Waals surface area contributed by atoms with Crippen molar-refractivity contribution in [3.05, 3.63) is 12.0 Å². The van der Waals surface area contributed by atoms with Crippen molar-refractivity contribution in [1.82, 2.24) is 9.55 Å². The number of anilines is 1. The number of hydrogen-bond acceptors (Lipinski definition) is 4. The summed E-state index contributed by atoms with van der Waals surface area (Å²) in [6.07, 6.45) is 6.44. The Balaban J connectivity index is 2.71. The standard InChI is InChI=1S/C15H27N3O2/c1-5-7-8-9-15(3,4)10-18-11-17-12(13(18)16)14(19)20-6-2/h11H,5-10,16H2,1-4H3. The number of aromatic nitrogens is 2. The van der Waals surface area contributed by atoms with E-state index in [-0.39, 0.29) is 11.1 Å². The molecule has 1 aromatic rings. The number of rotatable bonds is 8. The van der Waals surface area contributed by atoms with Gasteiger partial charge in [-0.2, -0.15) is 0 Å². The highest BCUT2D eigenvalue weighted by molar-refractivity contribution is 5.92. The van der Waals surface area contributed by atoms with E-state index in [1.165, 1.54) is 19.3 Å². The van der Waals surface area contributed by atoms with Gasteiger partial charge in [0.25, 0.3) is 0 Å². The second-order valence-electron chi connectivity index (χ2n) is 5.95. The summed E-state index contributed by atoms with van der Waals surface area (Å²) < 4.78 is 6.78. The molecule has 0 aliphatic carbocycles. The van der Waals surface area contributed by atoms with E-state index in [1.807, 2.05) is 4.57 Å². The molecule has 0 unspecified atom stereocenters. The highest BCUT2D eigenvalue weighted by Gasteiger charge is 2.22. The van der Waals surface area contributed by atoms with Crippen LogP contribution in [0.5, 0.6) is 0 Å². The Labute approximate surface area is 121 Å². The monoisotopic (exact) mass is 281 g/mol. The minimum atomic E-state index is -0.451. The maximum atomic E-state index is 11.7. The summed E-state index contributed by atoms with van der Waals surface area (Å²) >= 11 is 0. The molecule has 0 radical (unpaired) electrons. The minimum absolute atomic E-state index is 0.135. The predicted octanol–water partition coefficient (Wildman–Crippen LogP) is 3.25. The first kappa shape index (κ1) is 16.5. The fraction of sp³-hybridized carbons (Fsp3) is 0.733. The summed E-state index contributed by atoms with van der Waals surface area (Å²) in [5, 5.41) is 0. The molecule has 0 atom stereocenters. The number of carbonyl (C=O) groups excluding carboxylic acids is 1. The third-order valence-electron chi connectivity index (χ3n) is 3.40. The molecular weight excluding hydrogens is 254 g/mol. The van der Waals surface area contributed by atoms with Crippen molar-refractivity contribution < 1.29 is 9.53 Å². The van der Waals surface area contributed by atoms with Crippen molar-refractivity contribution in [1.29, 1.82) is 0 Å². The summed E-state index contributed by atoms with van der Waals surface area (Å²) in [5.74, 6) is -0.0560. The largest absolute Gasteiger partial charge is 0.461 e.